The SMILES string of the molecule is CN(C)S(=O)(=O)N(C(=N)N)C(=O)c1ccccc1.Cl. The predicted molar refractivity (Wildman–Crippen MR) is 74.4 cm³/mol. The number of nitrogens with two attached hydrogens (primary N) is 1. The number of hydrogen-bond donors (Lipinski definition) is 2. The first-order valence-corrected chi connectivity index (χ1v) is 6.34. The summed E-state index contributed by atoms with van der Waals surface area (Å²) in [6.07, 6.45) is 0. The molecule has 0 aromatic heterocycles. The summed E-state index contributed by atoms with van der Waals surface area (Å²) in [6, 6.07) is 7.77. The van der Waals surface area contributed by atoms with Gasteiger partial charge in [0.25, 0.3) is 5.91 Å². The van der Waals surface area contributed by atoms with E-state index in [1.54, 1.807) is 18.2 Å². The molecule has 7 nitrogen and oxygen atoms in total. The highest BCUT2D eigenvalue weighted by Gasteiger charge is 2.32. The molecule has 0 aliphatic rings. The molecule has 1 amide bonds. The van der Waals surface area contributed by atoms with Gasteiger partial charge in [0, 0.05) is 19.7 Å². The molecule has 106 valence electrons. The molecule has 0 heterocycles. The Labute approximate surface area is 118 Å². The first kappa shape index (κ1) is 17.4. The van der Waals surface area contributed by atoms with Gasteiger partial charge in [0.2, 0.25) is 5.96 Å². The zero-order valence-electron chi connectivity index (χ0n) is 10.4. The summed E-state index contributed by atoms with van der Waals surface area (Å²) in [5.74, 6) is -1.71. The molecule has 0 aliphatic carbocycles. The van der Waals surface area contributed by atoms with Crippen LogP contribution in [0.25, 0.3) is 0 Å². The van der Waals surface area contributed by atoms with Crippen molar-refractivity contribution in [3.05, 3.63) is 35.9 Å². The fourth-order valence-corrected chi connectivity index (χ4v) is 2.09. The molecule has 0 atom stereocenters. The topological polar surface area (TPSA) is 108 Å². The summed E-state index contributed by atoms with van der Waals surface area (Å²) in [5.41, 5.74) is 5.32. The molecular formula is C10H15ClN4O3S. The number of halogens is 1. The van der Waals surface area contributed by atoms with Gasteiger partial charge >= 0.3 is 10.2 Å². The van der Waals surface area contributed by atoms with E-state index in [1.165, 1.54) is 26.2 Å². The molecule has 0 radical (unpaired) electrons. The summed E-state index contributed by atoms with van der Waals surface area (Å²) in [7, 11) is -1.61. The van der Waals surface area contributed by atoms with E-state index in [9.17, 15) is 13.2 Å². The number of nitrogens with one attached hydrogen (secondary N) is 1. The highest BCUT2D eigenvalue weighted by molar-refractivity contribution is 7.87. The third-order valence-corrected chi connectivity index (χ3v) is 3.86. The quantitative estimate of drug-likeness (QED) is 0.616. The number of benzene rings is 1. The van der Waals surface area contributed by atoms with Crippen LogP contribution in [0.3, 0.4) is 0 Å². The molecule has 0 spiro atoms. The summed E-state index contributed by atoms with van der Waals surface area (Å²) in [6.45, 7) is 0. The number of rotatable bonds is 3. The van der Waals surface area contributed by atoms with Gasteiger partial charge in [-0.3, -0.25) is 10.2 Å². The van der Waals surface area contributed by atoms with E-state index in [0.717, 1.165) is 4.31 Å². The average Bonchev–Trinajstić information content (AvgIpc) is 2.29. The van der Waals surface area contributed by atoms with E-state index >= 15 is 0 Å². The Morgan fingerprint density at radius 2 is 1.68 bits per heavy atom. The van der Waals surface area contributed by atoms with Gasteiger partial charge in [0.15, 0.2) is 0 Å². The van der Waals surface area contributed by atoms with E-state index < -0.39 is 22.1 Å². The number of guanidine groups is 1. The van der Waals surface area contributed by atoms with Crippen molar-refractivity contribution in [1.29, 1.82) is 5.41 Å². The van der Waals surface area contributed by atoms with Crippen molar-refractivity contribution in [3.8, 4) is 0 Å². The molecule has 0 saturated carbocycles. The van der Waals surface area contributed by atoms with Crippen molar-refractivity contribution in [3.63, 3.8) is 0 Å². The van der Waals surface area contributed by atoms with Crippen molar-refractivity contribution >= 4 is 34.5 Å². The largest absolute Gasteiger partial charge is 0.369 e. The predicted octanol–water partition coefficient (Wildman–Crippen LogP) is 0.250. The van der Waals surface area contributed by atoms with Crippen LogP contribution in [0.4, 0.5) is 0 Å². The van der Waals surface area contributed by atoms with Gasteiger partial charge in [-0.1, -0.05) is 18.2 Å². The minimum Gasteiger partial charge on any atom is -0.369 e. The minimum absolute atomic E-state index is 0. The number of nitrogens with zero attached hydrogens (tertiary/aromatic N) is 2. The van der Waals surface area contributed by atoms with Gasteiger partial charge in [-0.05, 0) is 12.1 Å². The third-order valence-electron chi connectivity index (χ3n) is 2.12. The number of amides is 1. The van der Waals surface area contributed by atoms with E-state index in [-0.39, 0.29) is 22.3 Å². The Morgan fingerprint density at radius 3 is 2.05 bits per heavy atom. The fourth-order valence-electron chi connectivity index (χ4n) is 1.20. The molecule has 0 unspecified atom stereocenters. The number of hydrogen-bond acceptors (Lipinski definition) is 4. The van der Waals surface area contributed by atoms with Crippen molar-refractivity contribution in [2.24, 2.45) is 5.73 Å². The van der Waals surface area contributed by atoms with Gasteiger partial charge in [-0.2, -0.15) is 17.0 Å². The van der Waals surface area contributed by atoms with E-state index in [0.29, 0.717) is 0 Å². The zero-order valence-corrected chi connectivity index (χ0v) is 12.0. The Kier molecular flexibility index (Phi) is 5.94. The summed E-state index contributed by atoms with van der Waals surface area (Å²) < 4.78 is 24.9. The van der Waals surface area contributed by atoms with Crippen LogP contribution in [0.15, 0.2) is 30.3 Å². The standard InChI is InChI=1S/C10H14N4O3S.ClH/c1-13(2)18(16,17)14(10(11)12)9(15)8-6-4-3-5-7-8;/h3-7H,1-2H3,(H3,11,12);1H. The first-order valence-electron chi connectivity index (χ1n) is 4.94. The second-order valence-electron chi connectivity index (χ2n) is 3.61. The zero-order chi connectivity index (χ0) is 13.9. The summed E-state index contributed by atoms with van der Waals surface area (Å²) in [5, 5.41) is 7.26. The Morgan fingerprint density at radius 1 is 1.21 bits per heavy atom. The van der Waals surface area contributed by atoms with Gasteiger partial charge in [0.1, 0.15) is 0 Å². The lowest BCUT2D eigenvalue weighted by Gasteiger charge is -2.23. The lowest BCUT2D eigenvalue weighted by molar-refractivity contribution is 0.0908. The molecular weight excluding hydrogens is 292 g/mol. The smallest absolute Gasteiger partial charge is 0.312 e. The lowest BCUT2D eigenvalue weighted by atomic mass is 10.2. The van der Waals surface area contributed by atoms with E-state index in [1.807, 2.05) is 0 Å². The minimum atomic E-state index is -4.12. The maximum atomic E-state index is 12.0. The molecule has 0 saturated heterocycles. The van der Waals surface area contributed by atoms with Crippen LogP contribution in [-0.4, -0.2) is 43.0 Å². The average molecular weight is 307 g/mol. The molecule has 0 aliphatic heterocycles. The molecule has 0 bridgehead atoms. The molecule has 19 heavy (non-hydrogen) atoms. The Hall–Kier alpha value is -1.64. The molecule has 0 fully saturated rings. The van der Waals surface area contributed by atoms with Crippen LogP contribution in [-0.2, 0) is 10.2 Å². The van der Waals surface area contributed by atoms with Crippen molar-refractivity contribution in [1.82, 2.24) is 8.61 Å². The monoisotopic (exact) mass is 306 g/mol. The molecule has 3 N–H and O–H groups in total. The van der Waals surface area contributed by atoms with Crippen LogP contribution in [0.1, 0.15) is 10.4 Å². The van der Waals surface area contributed by atoms with Gasteiger partial charge in [-0.15, -0.1) is 12.4 Å². The maximum absolute atomic E-state index is 12.0. The second-order valence-corrected chi connectivity index (χ2v) is 5.60. The summed E-state index contributed by atoms with van der Waals surface area (Å²) >= 11 is 0. The van der Waals surface area contributed by atoms with Crippen LogP contribution in [0.2, 0.25) is 0 Å². The van der Waals surface area contributed by atoms with Gasteiger partial charge in [0.05, 0.1) is 0 Å². The Balaban J connectivity index is 0.00000324. The Bertz CT molecular complexity index is 559. The summed E-state index contributed by atoms with van der Waals surface area (Å²) in [4.78, 5) is 12.0. The van der Waals surface area contributed by atoms with E-state index in [2.05, 4.69) is 0 Å². The number of carbonyl (C=O) groups is 1. The van der Waals surface area contributed by atoms with Gasteiger partial charge in [-0.25, -0.2) is 0 Å². The normalized spacial score (nSPS) is 10.7. The van der Waals surface area contributed by atoms with Gasteiger partial charge < -0.3 is 5.73 Å². The first-order chi connectivity index (χ1) is 8.28. The van der Waals surface area contributed by atoms with Crippen LogP contribution in [0.5, 0.6) is 0 Å². The fraction of sp³-hybridized carbons (Fsp3) is 0.200. The van der Waals surface area contributed by atoms with Crippen LogP contribution < -0.4 is 5.73 Å². The van der Waals surface area contributed by atoms with Crippen molar-refractivity contribution in [2.45, 2.75) is 0 Å². The second kappa shape index (κ2) is 6.50. The number of carbonyl (C=O) groups excluding carboxylic acids is 1. The maximum Gasteiger partial charge on any atom is 0.312 e. The highest BCUT2D eigenvalue weighted by atomic mass is 35.5. The van der Waals surface area contributed by atoms with E-state index in [4.69, 9.17) is 11.1 Å². The lowest BCUT2D eigenvalue weighted by Crippen LogP contribution is -2.50. The van der Waals surface area contributed by atoms with Crippen LogP contribution >= 0.6 is 12.4 Å². The molecule has 9 heteroatoms. The highest BCUT2D eigenvalue weighted by Crippen LogP contribution is 2.10. The molecule has 1 aromatic rings. The third kappa shape index (κ3) is 3.66. The molecule has 1 aromatic carbocycles. The molecule has 1 rings (SSSR count). The van der Waals surface area contributed by atoms with Crippen molar-refractivity contribution < 1.29 is 13.2 Å². The van der Waals surface area contributed by atoms with Crippen LogP contribution in [0, 0.1) is 5.41 Å². The van der Waals surface area contributed by atoms with Crippen molar-refractivity contribution in [2.75, 3.05) is 14.1 Å².